The minimum Gasteiger partial charge on any atom is -0.367 e. The van der Waals surface area contributed by atoms with Crippen molar-refractivity contribution in [3.63, 3.8) is 0 Å². The van der Waals surface area contributed by atoms with Crippen molar-refractivity contribution in [1.82, 2.24) is 0 Å². The minimum atomic E-state index is -3.66. The summed E-state index contributed by atoms with van der Waals surface area (Å²) in [5.74, 6) is 0. The molecule has 0 unspecified atom stereocenters. The van der Waals surface area contributed by atoms with E-state index >= 15 is 0 Å². The second-order valence-electron chi connectivity index (χ2n) is 7.17. The van der Waals surface area contributed by atoms with E-state index in [-0.39, 0.29) is 21.7 Å². The van der Waals surface area contributed by atoms with E-state index in [0.29, 0.717) is 0 Å². The predicted octanol–water partition coefficient (Wildman–Crippen LogP) is 2.86. The van der Waals surface area contributed by atoms with Crippen LogP contribution in [0.3, 0.4) is 0 Å². The predicted molar refractivity (Wildman–Crippen MR) is 70.5 cm³/mol. The Morgan fingerprint density at radius 1 is 0.611 bits per heavy atom. The molecule has 0 fully saturated rings. The van der Waals surface area contributed by atoms with Gasteiger partial charge in [-0.2, -0.15) is 0 Å². The molecule has 0 aliphatic heterocycles. The van der Waals surface area contributed by atoms with Crippen molar-refractivity contribution < 1.29 is 39.8 Å². The smallest absolute Gasteiger partial charge is 0.367 e. The van der Waals surface area contributed by atoms with Gasteiger partial charge in [-0.1, -0.05) is 0 Å². The maximum atomic E-state index is 10.5. The molecule has 0 saturated heterocycles. The summed E-state index contributed by atoms with van der Waals surface area (Å²) >= 11 is 0. The third-order valence-corrected chi connectivity index (χ3v) is 3.92. The van der Waals surface area contributed by atoms with Gasteiger partial charge in [0, 0.05) is 21.7 Å². The molecular formula is C12H28O4SiTi. The first kappa shape index (κ1) is 21.1. The molecule has 0 aromatic carbocycles. The van der Waals surface area contributed by atoms with Gasteiger partial charge < -0.3 is 18.1 Å². The SMILES string of the molecule is CC(C)(C)O[Si](O)(OC(C)(C)C)OC(C)(C)C.[Ti]. The van der Waals surface area contributed by atoms with Gasteiger partial charge in [0.2, 0.25) is 0 Å². The molecule has 0 radical (unpaired) electrons. The Balaban J connectivity index is 0. The Hall–Kier alpha value is 0.771. The molecule has 0 bridgehead atoms. The van der Waals surface area contributed by atoms with Crippen LogP contribution in [0.15, 0.2) is 0 Å². The second kappa shape index (κ2) is 6.48. The van der Waals surface area contributed by atoms with Crippen molar-refractivity contribution in [3.05, 3.63) is 0 Å². The molecule has 0 spiro atoms. The van der Waals surface area contributed by atoms with Gasteiger partial charge in [-0.15, -0.1) is 0 Å². The topological polar surface area (TPSA) is 47.9 Å². The maximum Gasteiger partial charge on any atom is 0.678 e. The first-order valence-corrected chi connectivity index (χ1v) is 7.62. The van der Waals surface area contributed by atoms with Crippen LogP contribution < -0.4 is 0 Å². The molecule has 1 N–H and O–H groups in total. The summed E-state index contributed by atoms with van der Waals surface area (Å²) in [5.41, 5.74) is -1.55. The average Bonchev–Trinajstić information content (AvgIpc) is 1.65. The Bertz CT molecular complexity index is 209. The fourth-order valence-electron chi connectivity index (χ4n) is 1.22. The van der Waals surface area contributed by atoms with Crippen molar-refractivity contribution in [2.24, 2.45) is 0 Å². The van der Waals surface area contributed by atoms with E-state index in [2.05, 4.69) is 0 Å². The van der Waals surface area contributed by atoms with Crippen molar-refractivity contribution >= 4 is 9.05 Å². The molecule has 0 aromatic rings. The van der Waals surface area contributed by atoms with Crippen LogP contribution in [0.5, 0.6) is 0 Å². The van der Waals surface area contributed by atoms with Gasteiger partial charge in [0.1, 0.15) is 0 Å². The average molecular weight is 312 g/mol. The van der Waals surface area contributed by atoms with Crippen LogP contribution in [-0.4, -0.2) is 30.6 Å². The van der Waals surface area contributed by atoms with E-state index in [1.165, 1.54) is 0 Å². The van der Waals surface area contributed by atoms with Crippen LogP contribution in [0.4, 0.5) is 0 Å². The summed E-state index contributed by atoms with van der Waals surface area (Å²) in [4.78, 5) is 10.5. The Kier molecular flexibility index (Phi) is 7.59. The van der Waals surface area contributed by atoms with Gasteiger partial charge in [0.05, 0.1) is 16.8 Å². The van der Waals surface area contributed by atoms with Gasteiger partial charge in [0.15, 0.2) is 0 Å². The molecule has 0 amide bonds. The standard InChI is InChI=1S/C12H28O4Si.Ti/c1-10(2,3)14-17(13,15-11(4,5)6)16-12(7,8)9;/h13H,1-9H3;. The number of rotatable bonds is 3. The molecule has 108 valence electrons. The van der Waals surface area contributed by atoms with Crippen LogP contribution in [0.25, 0.3) is 0 Å². The van der Waals surface area contributed by atoms with Crippen LogP contribution in [-0.2, 0) is 35.0 Å². The quantitative estimate of drug-likeness (QED) is 0.814. The molecule has 0 aromatic heterocycles. The molecule has 0 rings (SSSR count). The molecule has 4 nitrogen and oxygen atoms in total. The van der Waals surface area contributed by atoms with Crippen molar-refractivity contribution in [1.29, 1.82) is 0 Å². The fourth-order valence-corrected chi connectivity index (χ4v) is 3.67. The Morgan fingerprint density at radius 2 is 0.778 bits per heavy atom. The van der Waals surface area contributed by atoms with Gasteiger partial charge in [-0.3, -0.25) is 0 Å². The van der Waals surface area contributed by atoms with Gasteiger partial charge in [-0.05, 0) is 62.3 Å². The van der Waals surface area contributed by atoms with Crippen LogP contribution in [0.1, 0.15) is 62.3 Å². The van der Waals surface area contributed by atoms with Crippen molar-refractivity contribution in [3.8, 4) is 0 Å². The zero-order valence-corrected chi connectivity index (χ0v) is 15.7. The van der Waals surface area contributed by atoms with Crippen molar-refractivity contribution in [2.45, 2.75) is 79.1 Å². The van der Waals surface area contributed by atoms with Crippen molar-refractivity contribution in [2.75, 3.05) is 0 Å². The van der Waals surface area contributed by atoms with Gasteiger partial charge in [-0.25, -0.2) is 0 Å². The van der Waals surface area contributed by atoms with E-state index < -0.39 is 25.9 Å². The van der Waals surface area contributed by atoms with E-state index in [1.807, 2.05) is 62.3 Å². The summed E-state index contributed by atoms with van der Waals surface area (Å²) < 4.78 is 16.9. The maximum absolute atomic E-state index is 10.5. The molecule has 0 atom stereocenters. The zero-order chi connectivity index (χ0) is 14.1. The van der Waals surface area contributed by atoms with E-state index in [4.69, 9.17) is 13.3 Å². The third kappa shape index (κ3) is 11.8. The molecule has 0 heterocycles. The third-order valence-electron chi connectivity index (χ3n) is 1.31. The summed E-state index contributed by atoms with van der Waals surface area (Å²) in [6, 6.07) is 0. The first-order chi connectivity index (χ1) is 7.12. The van der Waals surface area contributed by atoms with Crippen LogP contribution in [0.2, 0.25) is 0 Å². The van der Waals surface area contributed by atoms with E-state index in [9.17, 15) is 4.80 Å². The molecule has 6 heteroatoms. The molecule has 0 saturated carbocycles. The normalized spacial score (nSPS) is 14.3. The van der Waals surface area contributed by atoms with Crippen LogP contribution >= 0.6 is 0 Å². The summed E-state index contributed by atoms with van der Waals surface area (Å²) in [5, 5.41) is 0. The monoisotopic (exact) mass is 312 g/mol. The fraction of sp³-hybridized carbons (Fsp3) is 1.00. The number of hydrogen-bond donors (Lipinski definition) is 1. The van der Waals surface area contributed by atoms with Gasteiger partial charge >= 0.3 is 9.05 Å². The second-order valence-corrected chi connectivity index (χ2v) is 8.83. The zero-order valence-electron chi connectivity index (χ0n) is 13.2. The molecule has 0 aliphatic rings. The molecule has 18 heavy (non-hydrogen) atoms. The minimum absolute atomic E-state index is 0. The Morgan fingerprint density at radius 3 is 0.889 bits per heavy atom. The summed E-state index contributed by atoms with van der Waals surface area (Å²) in [6.07, 6.45) is 0. The van der Waals surface area contributed by atoms with Crippen LogP contribution in [0, 0.1) is 0 Å². The molecular weight excluding hydrogens is 284 g/mol. The summed E-state index contributed by atoms with van der Waals surface area (Å²) in [6.45, 7) is 16.8. The number of hydrogen-bond acceptors (Lipinski definition) is 4. The largest absolute Gasteiger partial charge is 0.678 e. The van der Waals surface area contributed by atoms with Gasteiger partial charge in [0.25, 0.3) is 0 Å². The first-order valence-electron chi connectivity index (χ1n) is 5.95. The van der Waals surface area contributed by atoms with E-state index in [1.54, 1.807) is 0 Å². The summed E-state index contributed by atoms with van der Waals surface area (Å²) in [7, 11) is -3.66. The molecule has 0 aliphatic carbocycles. The Labute approximate surface area is 128 Å². The van der Waals surface area contributed by atoms with E-state index in [0.717, 1.165) is 0 Å².